The molecule has 0 aliphatic carbocycles. The lowest BCUT2D eigenvalue weighted by Crippen LogP contribution is -2.53. The molecule has 0 saturated carbocycles. The highest BCUT2D eigenvalue weighted by molar-refractivity contribution is 6.74. The van der Waals surface area contributed by atoms with Crippen molar-refractivity contribution in [2.24, 2.45) is 0 Å². The third-order valence-corrected chi connectivity index (χ3v) is 13.8. The molecular weight excluding hydrogens is 627 g/mol. The van der Waals surface area contributed by atoms with Gasteiger partial charge in [0.1, 0.15) is 6.04 Å². The number of para-hydroxylation sites is 1. The van der Waals surface area contributed by atoms with Gasteiger partial charge in [0.15, 0.2) is 8.32 Å². The highest BCUT2D eigenvalue weighted by Crippen LogP contribution is 2.37. The number of ether oxygens (including phenoxy) is 2. The number of benzene rings is 3. The first kappa shape index (κ1) is 36.6. The maximum atomic E-state index is 14.1. The number of methoxy groups -OCH3 is 1. The number of rotatable bonds is 12. The van der Waals surface area contributed by atoms with E-state index < -0.39 is 38.4 Å². The summed E-state index contributed by atoms with van der Waals surface area (Å²) >= 11 is 0. The zero-order chi connectivity index (χ0) is 34.9. The molecule has 3 aromatic carbocycles. The SMILES string of the molecule is COC(=O)N[C@H](C(=O)Nc1ccccc1CC[C@@H]1CN(C(=O)O)C[C@@H](CO[Si](C)(C)C(C)(C)C)O1)C(c1ccccc1)c1ccccc1. The van der Waals surface area contributed by atoms with Gasteiger partial charge in [-0.1, -0.05) is 99.6 Å². The number of aryl methyl sites for hydroxylation is 1. The molecule has 4 rings (SSSR count). The van der Waals surface area contributed by atoms with E-state index in [1.54, 1.807) is 0 Å². The van der Waals surface area contributed by atoms with Crippen molar-refractivity contribution < 1.29 is 33.4 Å². The molecule has 11 heteroatoms. The minimum absolute atomic E-state index is 0.0231. The van der Waals surface area contributed by atoms with Gasteiger partial charge in [0, 0.05) is 11.6 Å². The Morgan fingerprint density at radius 3 is 2.04 bits per heavy atom. The summed E-state index contributed by atoms with van der Waals surface area (Å²) in [7, 11) is -0.782. The molecule has 3 aromatic rings. The molecule has 258 valence electrons. The van der Waals surface area contributed by atoms with Crippen LogP contribution in [-0.2, 0) is 25.1 Å². The standard InChI is InChI=1S/C37H49N3O7Si/c1-37(2,3)48(5,6)46-25-30-24-40(36(43)44)23-29(47-30)22-21-26-15-13-14-20-31(26)38-34(41)33(39-35(42)45-4)32(27-16-9-7-10-17-27)28-18-11-8-12-19-28/h7-20,29-30,32-33H,21-25H2,1-6H3,(H,38,41)(H,39,42)(H,43,44)/t29-,30+,33+/m1/s1. The highest BCUT2D eigenvalue weighted by Gasteiger charge is 2.39. The molecule has 1 aliphatic heterocycles. The topological polar surface area (TPSA) is 126 Å². The lowest BCUT2D eigenvalue weighted by atomic mass is 9.84. The van der Waals surface area contributed by atoms with Crippen LogP contribution in [0.2, 0.25) is 18.1 Å². The largest absolute Gasteiger partial charge is 0.465 e. The van der Waals surface area contributed by atoms with Gasteiger partial charge in [-0.2, -0.15) is 0 Å². The zero-order valence-electron chi connectivity index (χ0n) is 28.8. The van der Waals surface area contributed by atoms with E-state index in [0.29, 0.717) is 25.1 Å². The summed E-state index contributed by atoms with van der Waals surface area (Å²) in [6.45, 7) is 11.7. The van der Waals surface area contributed by atoms with Crippen molar-refractivity contribution in [2.75, 3.05) is 32.1 Å². The summed E-state index contributed by atoms with van der Waals surface area (Å²) < 4.78 is 17.7. The summed E-state index contributed by atoms with van der Waals surface area (Å²) in [5.41, 5.74) is 3.18. The average Bonchev–Trinajstić information content (AvgIpc) is 3.07. The summed E-state index contributed by atoms with van der Waals surface area (Å²) in [5.74, 6) is -0.902. The number of hydrogen-bond donors (Lipinski definition) is 3. The fourth-order valence-corrected chi connectivity index (χ4v) is 6.66. The van der Waals surface area contributed by atoms with Gasteiger partial charge in [-0.15, -0.1) is 0 Å². The van der Waals surface area contributed by atoms with Gasteiger partial charge in [0.05, 0.1) is 39.0 Å². The second-order valence-electron chi connectivity index (χ2n) is 13.7. The number of morpholine rings is 1. The lowest BCUT2D eigenvalue weighted by Gasteiger charge is -2.40. The van der Waals surface area contributed by atoms with Gasteiger partial charge in [-0.25, -0.2) is 9.59 Å². The van der Waals surface area contributed by atoms with Crippen LogP contribution < -0.4 is 10.6 Å². The summed E-state index contributed by atoms with van der Waals surface area (Å²) in [6, 6.07) is 25.6. The molecule has 3 N–H and O–H groups in total. The molecule has 0 bridgehead atoms. The molecule has 0 spiro atoms. The Labute approximate surface area is 284 Å². The number of alkyl carbamates (subject to hydrolysis) is 1. The van der Waals surface area contributed by atoms with E-state index in [9.17, 15) is 19.5 Å². The molecule has 0 radical (unpaired) electrons. The Morgan fingerprint density at radius 2 is 1.48 bits per heavy atom. The number of carboxylic acid groups (broad SMARTS) is 1. The van der Waals surface area contributed by atoms with Crippen LogP contribution in [0.15, 0.2) is 84.9 Å². The first-order chi connectivity index (χ1) is 22.8. The normalized spacial score (nSPS) is 17.4. The average molecular weight is 676 g/mol. The number of carbonyl (C=O) groups is 3. The molecule has 3 atom stereocenters. The predicted molar refractivity (Wildman–Crippen MR) is 189 cm³/mol. The summed E-state index contributed by atoms with van der Waals surface area (Å²) in [5, 5.41) is 15.7. The van der Waals surface area contributed by atoms with Crippen molar-refractivity contribution in [1.82, 2.24) is 10.2 Å². The maximum absolute atomic E-state index is 14.1. The van der Waals surface area contributed by atoms with Crippen molar-refractivity contribution >= 4 is 32.1 Å². The quantitative estimate of drug-likeness (QED) is 0.179. The molecule has 1 saturated heterocycles. The van der Waals surface area contributed by atoms with E-state index in [0.717, 1.165) is 16.7 Å². The van der Waals surface area contributed by atoms with Crippen molar-refractivity contribution in [2.45, 2.75) is 75.9 Å². The van der Waals surface area contributed by atoms with Crippen LogP contribution in [0.5, 0.6) is 0 Å². The van der Waals surface area contributed by atoms with E-state index in [1.165, 1.54) is 12.0 Å². The van der Waals surface area contributed by atoms with Gasteiger partial charge in [-0.3, -0.25) is 4.79 Å². The van der Waals surface area contributed by atoms with Crippen molar-refractivity contribution in [3.05, 3.63) is 102 Å². The van der Waals surface area contributed by atoms with Gasteiger partial charge in [-0.05, 0) is 53.7 Å². The molecule has 1 heterocycles. The molecule has 3 amide bonds. The first-order valence-corrected chi connectivity index (χ1v) is 19.3. The number of anilines is 1. The third-order valence-electron chi connectivity index (χ3n) is 9.34. The van der Waals surface area contributed by atoms with Crippen molar-refractivity contribution in [3.8, 4) is 0 Å². The summed E-state index contributed by atoms with van der Waals surface area (Å²) in [4.78, 5) is 40.1. The van der Waals surface area contributed by atoms with Crippen LogP contribution in [0.1, 0.15) is 49.8 Å². The number of nitrogens with one attached hydrogen (secondary N) is 2. The number of hydrogen-bond acceptors (Lipinski definition) is 6. The highest BCUT2D eigenvalue weighted by atomic mass is 28.4. The van der Waals surface area contributed by atoms with Gasteiger partial charge in [0.25, 0.3) is 0 Å². The Balaban J connectivity index is 1.52. The summed E-state index contributed by atoms with van der Waals surface area (Å²) in [6.07, 6.45) is -1.36. The van der Waals surface area contributed by atoms with Crippen molar-refractivity contribution in [3.63, 3.8) is 0 Å². The van der Waals surface area contributed by atoms with E-state index in [2.05, 4.69) is 44.5 Å². The lowest BCUT2D eigenvalue weighted by molar-refractivity contribution is -0.118. The molecule has 1 fully saturated rings. The second-order valence-corrected chi connectivity index (χ2v) is 18.5. The Morgan fingerprint density at radius 1 is 0.917 bits per heavy atom. The maximum Gasteiger partial charge on any atom is 0.407 e. The predicted octanol–water partition coefficient (Wildman–Crippen LogP) is 6.88. The molecule has 48 heavy (non-hydrogen) atoms. The molecular formula is C37H49N3O7Si. The van der Waals surface area contributed by atoms with Crippen LogP contribution in [0.3, 0.4) is 0 Å². The Hall–Kier alpha value is -4.19. The fraction of sp³-hybridized carbons (Fsp3) is 0.432. The van der Waals surface area contributed by atoms with Crippen LogP contribution in [-0.4, -0.2) is 81.5 Å². The number of amides is 3. The second kappa shape index (κ2) is 16.3. The molecule has 1 aliphatic rings. The van der Waals surface area contributed by atoms with Crippen molar-refractivity contribution in [1.29, 1.82) is 0 Å². The third kappa shape index (κ3) is 9.68. The zero-order valence-corrected chi connectivity index (χ0v) is 29.8. The Kier molecular flexibility index (Phi) is 12.4. The Bertz CT molecular complexity index is 1470. The number of nitrogens with zero attached hydrogens (tertiary/aromatic N) is 1. The van der Waals surface area contributed by atoms with E-state index >= 15 is 0 Å². The molecule has 0 aromatic heterocycles. The number of carbonyl (C=O) groups excluding carboxylic acids is 2. The van der Waals surface area contributed by atoms with Crippen LogP contribution >= 0.6 is 0 Å². The molecule has 0 unspecified atom stereocenters. The molecule has 10 nitrogen and oxygen atoms in total. The minimum atomic E-state index is -2.05. The van der Waals surface area contributed by atoms with E-state index in [4.69, 9.17) is 13.9 Å². The van der Waals surface area contributed by atoms with Gasteiger partial charge < -0.3 is 34.5 Å². The van der Waals surface area contributed by atoms with Crippen LogP contribution in [0.4, 0.5) is 15.3 Å². The van der Waals surface area contributed by atoms with Gasteiger partial charge in [0.2, 0.25) is 5.91 Å². The smallest absolute Gasteiger partial charge is 0.407 e. The van der Waals surface area contributed by atoms with Gasteiger partial charge >= 0.3 is 12.2 Å². The minimum Gasteiger partial charge on any atom is -0.465 e. The van der Waals surface area contributed by atoms with E-state index in [1.807, 2.05) is 84.9 Å². The first-order valence-electron chi connectivity index (χ1n) is 16.4. The monoisotopic (exact) mass is 675 g/mol. The fourth-order valence-electron chi connectivity index (χ4n) is 5.62. The van der Waals surface area contributed by atoms with E-state index in [-0.39, 0.29) is 30.3 Å². The van der Waals surface area contributed by atoms with Crippen LogP contribution in [0, 0.1) is 0 Å². The van der Waals surface area contributed by atoms with Crippen LogP contribution in [0.25, 0.3) is 0 Å².